The second-order valence-corrected chi connectivity index (χ2v) is 7.58. The van der Waals surface area contributed by atoms with E-state index in [0.29, 0.717) is 23.6 Å². The number of benzene rings is 3. The van der Waals surface area contributed by atoms with Gasteiger partial charge < -0.3 is 10.0 Å². The summed E-state index contributed by atoms with van der Waals surface area (Å²) in [7, 11) is 0. The SMILES string of the molecule is O=C1C(=O)N(CCc2ccccc2)C(c2ccc(Cl)cc2)C1=C(O)c1ccccc1. The minimum Gasteiger partial charge on any atom is -0.507 e. The molecule has 1 atom stereocenters. The summed E-state index contributed by atoms with van der Waals surface area (Å²) >= 11 is 6.04. The summed E-state index contributed by atoms with van der Waals surface area (Å²) in [4.78, 5) is 27.4. The molecule has 0 bridgehead atoms. The number of amides is 1. The van der Waals surface area contributed by atoms with Crippen molar-refractivity contribution in [1.82, 2.24) is 4.90 Å². The number of rotatable bonds is 5. The molecule has 1 saturated heterocycles. The number of Topliss-reactive ketones (excluding diaryl/α,β-unsaturated/α-hetero) is 1. The molecule has 1 aliphatic heterocycles. The van der Waals surface area contributed by atoms with Crippen LogP contribution in [0.3, 0.4) is 0 Å². The number of carbonyl (C=O) groups excluding carboxylic acids is 2. The van der Waals surface area contributed by atoms with E-state index in [1.807, 2.05) is 36.4 Å². The van der Waals surface area contributed by atoms with E-state index in [-0.39, 0.29) is 11.3 Å². The maximum Gasteiger partial charge on any atom is 0.295 e. The van der Waals surface area contributed by atoms with E-state index in [1.54, 1.807) is 48.5 Å². The second kappa shape index (κ2) is 8.56. The van der Waals surface area contributed by atoms with E-state index in [2.05, 4.69) is 0 Å². The third-order valence-corrected chi connectivity index (χ3v) is 5.51. The largest absolute Gasteiger partial charge is 0.507 e. The van der Waals surface area contributed by atoms with Gasteiger partial charge in [0.1, 0.15) is 5.76 Å². The summed E-state index contributed by atoms with van der Waals surface area (Å²) in [5.74, 6) is -1.45. The van der Waals surface area contributed by atoms with E-state index in [4.69, 9.17) is 11.6 Å². The number of likely N-dealkylation sites (tertiary alicyclic amines) is 1. The lowest BCUT2D eigenvalue weighted by Crippen LogP contribution is -2.31. The van der Waals surface area contributed by atoms with Gasteiger partial charge in [-0.3, -0.25) is 9.59 Å². The Morgan fingerprint density at radius 1 is 0.867 bits per heavy atom. The van der Waals surface area contributed by atoms with E-state index < -0.39 is 17.7 Å². The fourth-order valence-electron chi connectivity index (χ4n) is 3.75. The average molecular weight is 418 g/mol. The minimum atomic E-state index is -0.677. The van der Waals surface area contributed by atoms with Crippen molar-refractivity contribution in [2.45, 2.75) is 12.5 Å². The van der Waals surface area contributed by atoms with Crippen molar-refractivity contribution in [2.75, 3.05) is 6.54 Å². The molecule has 4 rings (SSSR count). The van der Waals surface area contributed by atoms with Gasteiger partial charge in [0.15, 0.2) is 0 Å². The number of nitrogens with zero attached hydrogens (tertiary/aromatic N) is 1. The maximum atomic E-state index is 13.0. The molecular weight excluding hydrogens is 398 g/mol. The number of hydrogen-bond donors (Lipinski definition) is 1. The molecule has 0 saturated carbocycles. The van der Waals surface area contributed by atoms with Crippen LogP contribution in [0.25, 0.3) is 5.76 Å². The molecule has 3 aromatic rings. The van der Waals surface area contributed by atoms with E-state index in [0.717, 1.165) is 11.1 Å². The molecular formula is C25H20ClNO3. The molecule has 5 heteroatoms. The summed E-state index contributed by atoms with van der Waals surface area (Å²) in [5.41, 5.74) is 2.39. The van der Waals surface area contributed by atoms with Crippen molar-refractivity contribution in [1.29, 1.82) is 0 Å². The predicted molar refractivity (Wildman–Crippen MR) is 117 cm³/mol. The summed E-state index contributed by atoms with van der Waals surface area (Å²) < 4.78 is 0. The van der Waals surface area contributed by atoms with Crippen LogP contribution in [-0.2, 0) is 16.0 Å². The van der Waals surface area contributed by atoms with Gasteiger partial charge >= 0.3 is 0 Å². The molecule has 0 aliphatic carbocycles. The van der Waals surface area contributed by atoms with Crippen molar-refractivity contribution in [3.63, 3.8) is 0 Å². The topological polar surface area (TPSA) is 57.6 Å². The Morgan fingerprint density at radius 3 is 2.10 bits per heavy atom. The van der Waals surface area contributed by atoms with E-state index in [9.17, 15) is 14.7 Å². The van der Waals surface area contributed by atoms with Crippen LogP contribution in [0.15, 0.2) is 90.5 Å². The molecule has 0 radical (unpaired) electrons. The molecule has 0 spiro atoms. The van der Waals surface area contributed by atoms with Gasteiger partial charge in [0, 0.05) is 17.1 Å². The van der Waals surface area contributed by atoms with Gasteiger partial charge in [0.05, 0.1) is 11.6 Å². The summed E-state index contributed by atoms with van der Waals surface area (Å²) in [6.07, 6.45) is 0.601. The smallest absolute Gasteiger partial charge is 0.295 e. The highest BCUT2D eigenvalue weighted by molar-refractivity contribution is 6.46. The van der Waals surface area contributed by atoms with Crippen molar-refractivity contribution in [2.24, 2.45) is 0 Å². The first-order chi connectivity index (χ1) is 14.6. The molecule has 1 heterocycles. The van der Waals surface area contributed by atoms with Gasteiger partial charge in [-0.15, -0.1) is 0 Å². The summed E-state index contributed by atoms with van der Waals surface area (Å²) in [6.45, 7) is 0.355. The monoisotopic (exact) mass is 417 g/mol. The number of ketones is 1. The van der Waals surface area contributed by atoms with Crippen LogP contribution in [-0.4, -0.2) is 28.2 Å². The maximum absolute atomic E-state index is 13.0. The van der Waals surface area contributed by atoms with Gasteiger partial charge in [0.25, 0.3) is 11.7 Å². The van der Waals surface area contributed by atoms with Crippen molar-refractivity contribution in [3.05, 3.63) is 112 Å². The van der Waals surface area contributed by atoms with Crippen molar-refractivity contribution >= 4 is 29.1 Å². The highest BCUT2D eigenvalue weighted by Gasteiger charge is 2.45. The Bertz CT molecular complexity index is 1090. The van der Waals surface area contributed by atoms with Crippen LogP contribution < -0.4 is 0 Å². The summed E-state index contributed by atoms with van der Waals surface area (Å²) in [6, 6.07) is 24.9. The van der Waals surface area contributed by atoms with Crippen molar-refractivity contribution in [3.8, 4) is 0 Å². The quantitative estimate of drug-likeness (QED) is 0.361. The lowest BCUT2D eigenvalue weighted by Gasteiger charge is -2.25. The highest BCUT2D eigenvalue weighted by Crippen LogP contribution is 2.39. The molecule has 1 unspecified atom stereocenters. The van der Waals surface area contributed by atoms with Gasteiger partial charge in [-0.05, 0) is 29.7 Å². The Labute approximate surface area is 180 Å². The van der Waals surface area contributed by atoms with Crippen LogP contribution >= 0.6 is 11.6 Å². The zero-order valence-corrected chi connectivity index (χ0v) is 16.9. The van der Waals surface area contributed by atoms with Crippen LogP contribution in [0, 0.1) is 0 Å². The predicted octanol–water partition coefficient (Wildman–Crippen LogP) is 5.00. The molecule has 0 aromatic heterocycles. The molecule has 150 valence electrons. The first kappa shape index (κ1) is 19.9. The fraction of sp³-hybridized carbons (Fsp3) is 0.120. The lowest BCUT2D eigenvalue weighted by atomic mass is 9.95. The number of carbonyl (C=O) groups is 2. The number of hydrogen-bond acceptors (Lipinski definition) is 3. The molecule has 1 aliphatic rings. The molecule has 30 heavy (non-hydrogen) atoms. The molecule has 3 aromatic carbocycles. The first-order valence-corrected chi connectivity index (χ1v) is 10.1. The van der Waals surface area contributed by atoms with E-state index >= 15 is 0 Å². The fourth-order valence-corrected chi connectivity index (χ4v) is 3.87. The average Bonchev–Trinajstić information content (AvgIpc) is 3.04. The van der Waals surface area contributed by atoms with Gasteiger partial charge in [-0.25, -0.2) is 0 Å². The Balaban J connectivity index is 1.78. The van der Waals surface area contributed by atoms with Crippen LogP contribution in [0.5, 0.6) is 0 Å². The van der Waals surface area contributed by atoms with Crippen LogP contribution in [0.2, 0.25) is 5.02 Å². The summed E-state index contributed by atoms with van der Waals surface area (Å²) in [5, 5.41) is 11.5. The van der Waals surface area contributed by atoms with E-state index in [1.165, 1.54) is 4.90 Å². The van der Waals surface area contributed by atoms with Crippen LogP contribution in [0.1, 0.15) is 22.7 Å². The Hall–Kier alpha value is -3.37. The Kier molecular flexibility index (Phi) is 5.68. The van der Waals surface area contributed by atoms with Gasteiger partial charge in [-0.2, -0.15) is 0 Å². The number of aliphatic hydroxyl groups is 1. The number of halogens is 1. The Morgan fingerprint density at radius 2 is 1.47 bits per heavy atom. The minimum absolute atomic E-state index is 0.0987. The second-order valence-electron chi connectivity index (χ2n) is 7.15. The highest BCUT2D eigenvalue weighted by atomic mass is 35.5. The molecule has 4 nitrogen and oxygen atoms in total. The number of aliphatic hydroxyl groups excluding tert-OH is 1. The normalized spacial score (nSPS) is 18.0. The zero-order chi connectivity index (χ0) is 21.1. The first-order valence-electron chi connectivity index (χ1n) is 9.69. The third-order valence-electron chi connectivity index (χ3n) is 5.26. The lowest BCUT2D eigenvalue weighted by molar-refractivity contribution is -0.139. The van der Waals surface area contributed by atoms with Gasteiger partial charge in [-0.1, -0.05) is 84.4 Å². The molecule has 1 N–H and O–H groups in total. The zero-order valence-electron chi connectivity index (χ0n) is 16.2. The standard InChI is InChI=1S/C25H20ClNO3/c26-20-13-11-18(12-14-20)22-21(23(28)19-9-5-2-6-10-19)24(29)25(30)27(22)16-15-17-7-3-1-4-8-17/h1-14,22,28H,15-16H2. The van der Waals surface area contributed by atoms with Crippen molar-refractivity contribution < 1.29 is 14.7 Å². The molecule has 1 amide bonds. The molecule has 1 fully saturated rings. The van der Waals surface area contributed by atoms with Gasteiger partial charge in [0.2, 0.25) is 0 Å². The third kappa shape index (κ3) is 3.87. The van der Waals surface area contributed by atoms with Crippen LogP contribution in [0.4, 0.5) is 0 Å².